The fourth-order valence-electron chi connectivity index (χ4n) is 3.68. The van der Waals surface area contributed by atoms with E-state index in [0.717, 1.165) is 12.0 Å². The Morgan fingerprint density at radius 3 is 2.72 bits per heavy atom. The van der Waals surface area contributed by atoms with E-state index in [9.17, 15) is 10.1 Å². The summed E-state index contributed by atoms with van der Waals surface area (Å²) in [4.78, 5) is 19.8. The number of amidine groups is 1. The molecule has 9 heteroatoms. The monoisotopic (exact) mass is 468 g/mol. The quantitative estimate of drug-likeness (QED) is 0.571. The minimum atomic E-state index is -0.692. The Balaban J connectivity index is 1.86. The Morgan fingerprint density at radius 1 is 1.31 bits per heavy atom. The fourth-order valence-corrected chi connectivity index (χ4v) is 4.69. The number of hydrogen-bond donors (Lipinski definition) is 1. The first kappa shape index (κ1) is 22.1. The summed E-state index contributed by atoms with van der Waals surface area (Å²) >= 11 is 7.19. The Morgan fingerprint density at radius 2 is 2.06 bits per heavy atom. The number of furan rings is 1. The number of ether oxygens (including phenoxy) is 1. The van der Waals surface area contributed by atoms with Crippen molar-refractivity contribution in [3.63, 3.8) is 0 Å². The normalized spacial score (nSPS) is 17.9. The minimum Gasteiger partial charge on any atom is -0.463 e. The lowest BCUT2D eigenvalue weighted by molar-refractivity contribution is -0.139. The van der Waals surface area contributed by atoms with Crippen LogP contribution in [0.3, 0.4) is 0 Å². The first-order valence-electron chi connectivity index (χ1n) is 10.2. The van der Waals surface area contributed by atoms with E-state index in [-0.39, 0.29) is 12.4 Å². The Bertz CT molecular complexity index is 1190. The maximum Gasteiger partial charge on any atom is 0.338 e. The first-order valence-corrected chi connectivity index (χ1v) is 11.4. The van der Waals surface area contributed by atoms with E-state index in [1.54, 1.807) is 24.0 Å². The van der Waals surface area contributed by atoms with Gasteiger partial charge in [0, 0.05) is 10.6 Å². The second kappa shape index (κ2) is 9.15. The van der Waals surface area contributed by atoms with Crippen molar-refractivity contribution in [2.75, 3.05) is 6.61 Å². The van der Waals surface area contributed by atoms with Crippen molar-refractivity contribution in [2.45, 2.75) is 32.7 Å². The molecule has 0 amide bonds. The number of allylic oxidation sites excluding steroid dienone is 2. The van der Waals surface area contributed by atoms with Gasteiger partial charge >= 0.3 is 5.97 Å². The van der Waals surface area contributed by atoms with E-state index in [0.29, 0.717) is 44.3 Å². The van der Waals surface area contributed by atoms with Crippen molar-refractivity contribution >= 4 is 34.5 Å². The second-order valence-electron chi connectivity index (χ2n) is 7.13. The van der Waals surface area contributed by atoms with Crippen molar-refractivity contribution in [1.82, 2.24) is 4.90 Å². The van der Waals surface area contributed by atoms with Crippen LogP contribution in [0.15, 0.2) is 67.8 Å². The lowest BCUT2D eigenvalue weighted by Gasteiger charge is -2.33. The molecule has 2 aromatic rings. The van der Waals surface area contributed by atoms with Crippen LogP contribution in [-0.2, 0) is 9.53 Å². The van der Waals surface area contributed by atoms with Crippen LogP contribution in [0, 0.1) is 11.3 Å². The molecule has 0 aliphatic carbocycles. The van der Waals surface area contributed by atoms with E-state index < -0.39 is 12.0 Å². The molecule has 1 aromatic heterocycles. The fraction of sp³-hybridized carbons (Fsp3) is 0.261. The lowest BCUT2D eigenvalue weighted by Crippen LogP contribution is -2.38. The lowest BCUT2D eigenvalue weighted by atomic mass is 9.97. The van der Waals surface area contributed by atoms with Gasteiger partial charge in [-0.15, -0.1) is 0 Å². The molecule has 0 bridgehead atoms. The maximum absolute atomic E-state index is 13.1. The number of benzene rings is 1. The Kier molecular flexibility index (Phi) is 6.31. The Hall–Kier alpha value is -3.15. The highest BCUT2D eigenvalue weighted by molar-refractivity contribution is 8.17. The molecule has 0 fully saturated rings. The number of carbonyl (C=O) groups excluding carboxylic acids is 1. The van der Waals surface area contributed by atoms with E-state index in [4.69, 9.17) is 26.5 Å². The van der Waals surface area contributed by atoms with E-state index in [1.165, 1.54) is 11.8 Å². The molecule has 0 saturated heterocycles. The van der Waals surface area contributed by atoms with Crippen LogP contribution in [0.25, 0.3) is 11.3 Å². The van der Waals surface area contributed by atoms with Gasteiger partial charge in [-0.3, -0.25) is 4.90 Å². The zero-order valence-electron chi connectivity index (χ0n) is 17.6. The summed E-state index contributed by atoms with van der Waals surface area (Å²) in [5.41, 5.74) is 8.15. The molecule has 0 saturated carbocycles. The van der Waals surface area contributed by atoms with Crippen molar-refractivity contribution in [3.05, 3.63) is 69.2 Å². The molecule has 2 N–H and O–H groups in total. The number of nitriles is 1. The number of esters is 1. The van der Waals surface area contributed by atoms with Crippen LogP contribution < -0.4 is 5.73 Å². The van der Waals surface area contributed by atoms with Gasteiger partial charge in [0.15, 0.2) is 5.17 Å². The molecule has 164 valence electrons. The van der Waals surface area contributed by atoms with Gasteiger partial charge in [0.2, 0.25) is 0 Å². The predicted molar refractivity (Wildman–Crippen MR) is 124 cm³/mol. The van der Waals surface area contributed by atoms with Crippen LogP contribution in [0.1, 0.15) is 38.5 Å². The Labute approximate surface area is 195 Å². The first-order chi connectivity index (χ1) is 15.5. The van der Waals surface area contributed by atoms with Gasteiger partial charge < -0.3 is 14.9 Å². The van der Waals surface area contributed by atoms with E-state index in [2.05, 4.69) is 11.1 Å². The van der Waals surface area contributed by atoms with Gasteiger partial charge in [0.05, 0.1) is 17.9 Å². The number of thioether (sulfide) groups is 1. The third-order valence-electron chi connectivity index (χ3n) is 5.07. The van der Waals surface area contributed by atoms with Gasteiger partial charge in [-0.2, -0.15) is 5.26 Å². The summed E-state index contributed by atoms with van der Waals surface area (Å²) in [5.74, 6) is 0.886. The van der Waals surface area contributed by atoms with Crippen LogP contribution >= 0.6 is 23.4 Å². The average Bonchev–Trinajstić information content (AvgIpc) is 3.39. The summed E-state index contributed by atoms with van der Waals surface area (Å²) in [7, 11) is 0. The number of halogens is 1. The standard InChI is InChI=1S/C23H21ClN4O3S/c1-3-5-15-19(22(29)30-4-2)20(28-21(26)18(12-25)32-23(28)27-15)17-11-10-16(31-17)13-6-8-14(24)9-7-13/h6-11,20H,3-5,26H2,1-2H3/t20-/m0/s1. The van der Waals surface area contributed by atoms with Crippen LogP contribution in [0.5, 0.6) is 0 Å². The number of carbonyl (C=O) groups is 1. The van der Waals surface area contributed by atoms with E-state index in [1.807, 2.05) is 31.2 Å². The summed E-state index contributed by atoms with van der Waals surface area (Å²) in [6.45, 7) is 3.99. The number of nitrogens with two attached hydrogens (primary N) is 1. The third kappa shape index (κ3) is 3.90. The van der Waals surface area contributed by atoms with Crippen molar-refractivity contribution < 1.29 is 13.9 Å². The molecular weight excluding hydrogens is 448 g/mol. The summed E-state index contributed by atoms with van der Waals surface area (Å²) in [5, 5.41) is 10.7. The molecule has 2 aliphatic heterocycles. The van der Waals surface area contributed by atoms with Crippen LogP contribution in [0.2, 0.25) is 5.02 Å². The molecule has 1 atom stereocenters. The van der Waals surface area contributed by atoms with E-state index >= 15 is 0 Å². The SMILES string of the molecule is CCCC1=C(C(=O)OCC)[C@H](c2ccc(-c3ccc(Cl)cc3)o2)N2C(=N1)SC(C#N)=C2N. The van der Waals surface area contributed by atoms with Gasteiger partial charge in [-0.25, -0.2) is 9.79 Å². The maximum atomic E-state index is 13.1. The van der Waals surface area contributed by atoms with Gasteiger partial charge in [0.25, 0.3) is 0 Å². The number of hydrogen-bond acceptors (Lipinski definition) is 8. The van der Waals surface area contributed by atoms with Crippen LogP contribution in [0.4, 0.5) is 0 Å². The zero-order chi connectivity index (χ0) is 22.8. The molecule has 7 nitrogen and oxygen atoms in total. The molecule has 0 spiro atoms. The minimum absolute atomic E-state index is 0.225. The van der Waals surface area contributed by atoms with Crippen LogP contribution in [-0.4, -0.2) is 22.6 Å². The predicted octanol–water partition coefficient (Wildman–Crippen LogP) is 5.33. The highest BCUT2D eigenvalue weighted by Crippen LogP contribution is 2.47. The largest absolute Gasteiger partial charge is 0.463 e. The number of rotatable bonds is 6. The summed E-state index contributed by atoms with van der Waals surface area (Å²) < 4.78 is 11.6. The number of aliphatic imine (C=N–C) groups is 1. The molecule has 1 aromatic carbocycles. The zero-order valence-corrected chi connectivity index (χ0v) is 19.2. The average molecular weight is 469 g/mol. The molecule has 3 heterocycles. The number of nitrogens with zero attached hydrogens (tertiary/aromatic N) is 3. The molecule has 2 aliphatic rings. The molecule has 32 heavy (non-hydrogen) atoms. The second-order valence-corrected chi connectivity index (χ2v) is 8.55. The topological polar surface area (TPSA) is 105 Å². The summed E-state index contributed by atoms with van der Waals surface area (Å²) in [6.07, 6.45) is 1.36. The van der Waals surface area contributed by atoms with Crippen molar-refractivity contribution in [1.29, 1.82) is 5.26 Å². The van der Waals surface area contributed by atoms with Crippen molar-refractivity contribution in [2.24, 2.45) is 10.7 Å². The van der Waals surface area contributed by atoms with Gasteiger partial charge in [0.1, 0.15) is 34.4 Å². The smallest absolute Gasteiger partial charge is 0.338 e. The highest BCUT2D eigenvalue weighted by atomic mass is 35.5. The van der Waals surface area contributed by atoms with Crippen molar-refractivity contribution in [3.8, 4) is 17.4 Å². The molecule has 0 unspecified atom stereocenters. The molecular formula is C23H21ClN4O3S. The third-order valence-corrected chi connectivity index (χ3v) is 6.30. The summed E-state index contributed by atoms with van der Waals surface area (Å²) in [6, 6.07) is 12.3. The number of fused-ring (bicyclic) bond motifs is 1. The van der Waals surface area contributed by atoms with Gasteiger partial charge in [-0.1, -0.05) is 24.9 Å². The molecule has 0 radical (unpaired) electrons. The highest BCUT2D eigenvalue weighted by Gasteiger charge is 2.44. The van der Waals surface area contributed by atoms with Gasteiger partial charge in [-0.05, 0) is 61.5 Å². The molecule has 4 rings (SSSR count).